The smallest absolute Gasteiger partial charge is 0.351 e. The number of benzene rings is 2. The van der Waals surface area contributed by atoms with E-state index in [0.717, 1.165) is 17.0 Å². The number of nitrogens with zero attached hydrogens (tertiary/aromatic N) is 1. The maximum Gasteiger partial charge on any atom is 0.409 e. The number of alkyl halides is 3. The highest BCUT2D eigenvalue weighted by molar-refractivity contribution is 6.05. The molecule has 0 unspecified atom stereocenters. The van der Waals surface area contributed by atoms with Crippen LogP contribution in [0.4, 0.5) is 18.9 Å². The van der Waals surface area contributed by atoms with E-state index >= 15 is 0 Å². The SMILES string of the molecule is Cn1ccc2cc(NC(=O)c3ccc(C=CC(F)(F)F)cc3)ccc21. The average molecular weight is 344 g/mol. The number of rotatable bonds is 3. The Bertz CT molecular complexity index is 937. The first kappa shape index (κ1) is 16.8. The molecule has 0 saturated heterocycles. The van der Waals surface area contributed by atoms with Gasteiger partial charge in [-0.25, -0.2) is 0 Å². The van der Waals surface area contributed by atoms with Crippen LogP contribution >= 0.6 is 0 Å². The van der Waals surface area contributed by atoms with E-state index in [4.69, 9.17) is 0 Å². The minimum atomic E-state index is -4.36. The van der Waals surface area contributed by atoms with E-state index in [9.17, 15) is 18.0 Å². The largest absolute Gasteiger partial charge is 0.409 e. The molecule has 3 aromatic rings. The summed E-state index contributed by atoms with van der Waals surface area (Å²) in [4.78, 5) is 12.3. The predicted molar refractivity (Wildman–Crippen MR) is 92.4 cm³/mol. The Morgan fingerprint density at radius 2 is 1.80 bits per heavy atom. The molecule has 0 aliphatic carbocycles. The molecule has 3 rings (SSSR count). The van der Waals surface area contributed by atoms with Gasteiger partial charge in [-0.2, -0.15) is 13.2 Å². The van der Waals surface area contributed by atoms with Gasteiger partial charge in [0.05, 0.1) is 0 Å². The minimum Gasteiger partial charge on any atom is -0.351 e. The second-order valence-corrected chi connectivity index (χ2v) is 5.65. The zero-order chi connectivity index (χ0) is 18.0. The van der Waals surface area contributed by atoms with Crippen LogP contribution in [0.5, 0.6) is 0 Å². The third kappa shape index (κ3) is 4.09. The third-order valence-electron chi connectivity index (χ3n) is 3.78. The number of allylic oxidation sites excluding steroid dienone is 1. The van der Waals surface area contributed by atoms with Crippen molar-refractivity contribution in [2.45, 2.75) is 6.18 Å². The van der Waals surface area contributed by atoms with Crippen molar-refractivity contribution in [1.82, 2.24) is 4.57 Å². The van der Waals surface area contributed by atoms with Crippen LogP contribution in [0.1, 0.15) is 15.9 Å². The van der Waals surface area contributed by atoms with Crippen LogP contribution in [0.2, 0.25) is 0 Å². The van der Waals surface area contributed by atoms with E-state index in [0.29, 0.717) is 16.8 Å². The van der Waals surface area contributed by atoms with Gasteiger partial charge < -0.3 is 9.88 Å². The summed E-state index contributed by atoms with van der Waals surface area (Å²) in [5, 5.41) is 3.80. The molecule has 0 fully saturated rings. The van der Waals surface area contributed by atoms with Crippen LogP contribution in [0, 0.1) is 0 Å². The molecule has 0 radical (unpaired) electrons. The molecule has 0 aliphatic rings. The van der Waals surface area contributed by atoms with E-state index in [1.165, 1.54) is 24.3 Å². The number of hydrogen-bond acceptors (Lipinski definition) is 1. The molecule has 1 aromatic heterocycles. The summed E-state index contributed by atoms with van der Waals surface area (Å²) in [5.41, 5.74) is 2.46. The molecule has 2 aromatic carbocycles. The zero-order valence-corrected chi connectivity index (χ0v) is 13.3. The highest BCUT2D eigenvalue weighted by atomic mass is 19.4. The van der Waals surface area contributed by atoms with Crippen molar-refractivity contribution < 1.29 is 18.0 Å². The van der Waals surface area contributed by atoms with Crippen LogP contribution in [-0.4, -0.2) is 16.7 Å². The van der Waals surface area contributed by atoms with Gasteiger partial charge in [0.1, 0.15) is 0 Å². The zero-order valence-electron chi connectivity index (χ0n) is 13.3. The quantitative estimate of drug-likeness (QED) is 0.712. The normalized spacial score (nSPS) is 12.0. The number of nitrogens with one attached hydrogen (secondary N) is 1. The summed E-state index contributed by atoms with van der Waals surface area (Å²) in [6.45, 7) is 0. The van der Waals surface area contributed by atoms with Crippen molar-refractivity contribution in [2.75, 3.05) is 5.32 Å². The van der Waals surface area contributed by atoms with Crippen molar-refractivity contribution >= 4 is 28.6 Å². The number of aryl methyl sites for hydroxylation is 1. The lowest BCUT2D eigenvalue weighted by atomic mass is 10.1. The Labute approximate surface area is 142 Å². The Kier molecular flexibility index (Phi) is 4.35. The molecule has 6 heteroatoms. The van der Waals surface area contributed by atoms with Gasteiger partial charge >= 0.3 is 6.18 Å². The molecular formula is C19H15F3N2O. The molecular weight excluding hydrogens is 329 g/mol. The Morgan fingerprint density at radius 3 is 2.48 bits per heavy atom. The summed E-state index contributed by atoms with van der Waals surface area (Å²) < 4.78 is 38.4. The maximum absolute atomic E-state index is 12.3. The molecule has 128 valence electrons. The lowest BCUT2D eigenvalue weighted by Crippen LogP contribution is -2.11. The minimum absolute atomic E-state index is 0.164. The fourth-order valence-corrected chi connectivity index (χ4v) is 2.50. The van der Waals surface area contributed by atoms with Gasteiger partial charge in [0.25, 0.3) is 5.91 Å². The van der Waals surface area contributed by atoms with Crippen molar-refractivity contribution in [3.05, 3.63) is 71.9 Å². The Balaban J connectivity index is 1.72. The average Bonchev–Trinajstić information content (AvgIpc) is 2.93. The Hall–Kier alpha value is -3.02. The number of carbonyl (C=O) groups is 1. The molecule has 0 spiro atoms. The number of halogens is 3. The second kappa shape index (κ2) is 6.47. The van der Waals surface area contributed by atoms with E-state index in [-0.39, 0.29) is 12.0 Å². The highest BCUT2D eigenvalue weighted by Crippen LogP contribution is 2.21. The lowest BCUT2D eigenvalue weighted by molar-refractivity contribution is -0.0790. The van der Waals surface area contributed by atoms with Gasteiger partial charge in [-0.05, 0) is 42.0 Å². The van der Waals surface area contributed by atoms with Gasteiger partial charge in [0.2, 0.25) is 0 Å². The molecule has 3 nitrogen and oxygen atoms in total. The number of anilines is 1. The van der Waals surface area contributed by atoms with Crippen LogP contribution in [-0.2, 0) is 7.05 Å². The van der Waals surface area contributed by atoms with E-state index in [1.54, 1.807) is 6.07 Å². The third-order valence-corrected chi connectivity index (χ3v) is 3.78. The summed E-state index contributed by atoms with van der Waals surface area (Å²) >= 11 is 0. The van der Waals surface area contributed by atoms with Gasteiger partial charge in [-0.3, -0.25) is 4.79 Å². The summed E-state index contributed by atoms with van der Waals surface area (Å²) in [6, 6.07) is 13.5. The van der Waals surface area contributed by atoms with Crippen molar-refractivity contribution in [2.24, 2.45) is 7.05 Å². The fraction of sp³-hybridized carbons (Fsp3) is 0.105. The van der Waals surface area contributed by atoms with Gasteiger partial charge in [0, 0.05) is 41.5 Å². The molecule has 0 saturated carbocycles. The van der Waals surface area contributed by atoms with E-state index in [1.807, 2.05) is 36.0 Å². The Morgan fingerprint density at radius 1 is 1.08 bits per heavy atom. The molecule has 0 atom stereocenters. The first-order chi connectivity index (χ1) is 11.8. The monoisotopic (exact) mass is 344 g/mol. The molecule has 1 N–H and O–H groups in total. The predicted octanol–water partition coefficient (Wildman–Crippen LogP) is 5.01. The molecule has 0 bridgehead atoms. The molecule has 0 aliphatic heterocycles. The van der Waals surface area contributed by atoms with Crippen LogP contribution in [0.3, 0.4) is 0 Å². The lowest BCUT2D eigenvalue weighted by Gasteiger charge is -2.06. The number of amides is 1. The number of carbonyl (C=O) groups excluding carboxylic acids is 1. The fourth-order valence-electron chi connectivity index (χ4n) is 2.50. The van der Waals surface area contributed by atoms with Crippen molar-refractivity contribution in [3.63, 3.8) is 0 Å². The number of hydrogen-bond donors (Lipinski definition) is 1. The van der Waals surface area contributed by atoms with Crippen LogP contribution < -0.4 is 5.32 Å². The van der Waals surface area contributed by atoms with Gasteiger partial charge in [0.15, 0.2) is 0 Å². The van der Waals surface area contributed by atoms with Crippen LogP contribution in [0.15, 0.2) is 60.8 Å². The first-order valence-corrected chi connectivity index (χ1v) is 7.54. The maximum atomic E-state index is 12.3. The number of aromatic nitrogens is 1. The van der Waals surface area contributed by atoms with E-state index < -0.39 is 6.18 Å². The second-order valence-electron chi connectivity index (χ2n) is 5.65. The standard InChI is InChI=1S/C19H15F3N2O/c1-24-11-9-15-12-16(6-7-17(15)24)23-18(25)14-4-2-13(3-5-14)8-10-19(20,21)22/h2-12H,1H3,(H,23,25). The topological polar surface area (TPSA) is 34.0 Å². The molecule has 25 heavy (non-hydrogen) atoms. The van der Waals surface area contributed by atoms with Gasteiger partial charge in [-0.15, -0.1) is 0 Å². The van der Waals surface area contributed by atoms with Crippen molar-refractivity contribution in [1.29, 1.82) is 0 Å². The van der Waals surface area contributed by atoms with E-state index in [2.05, 4.69) is 5.32 Å². The summed E-state index contributed by atoms with van der Waals surface area (Å²) in [5.74, 6) is -0.318. The van der Waals surface area contributed by atoms with Gasteiger partial charge in [-0.1, -0.05) is 18.2 Å². The molecule has 1 heterocycles. The van der Waals surface area contributed by atoms with Crippen LogP contribution in [0.25, 0.3) is 17.0 Å². The summed E-state index contributed by atoms with van der Waals surface area (Å²) in [6.07, 6.45) is -1.29. The molecule has 1 amide bonds. The number of fused-ring (bicyclic) bond motifs is 1. The summed E-state index contributed by atoms with van der Waals surface area (Å²) in [7, 11) is 1.94. The first-order valence-electron chi connectivity index (χ1n) is 7.54. The van der Waals surface area contributed by atoms with Crippen molar-refractivity contribution in [3.8, 4) is 0 Å². The highest BCUT2D eigenvalue weighted by Gasteiger charge is 2.21.